The van der Waals surface area contributed by atoms with E-state index < -0.39 is 11.8 Å². The van der Waals surface area contributed by atoms with Crippen LogP contribution in [0.2, 0.25) is 20.1 Å². The average Bonchev–Trinajstić information content (AvgIpc) is 2.38. The van der Waals surface area contributed by atoms with Crippen LogP contribution in [0.1, 0.15) is 20.7 Å². The molecule has 0 heterocycles. The molecule has 3 nitrogen and oxygen atoms in total. The predicted octanol–water partition coefficient (Wildman–Crippen LogP) is 4.87. The van der Waals surface area contributed by atoms with Crippen molar-refractivity contribution in [3.8, 4) is 0 Å². The van der Waals surface area contributed by atoms with Crippen molar-refractivity contribution in [2.24, 2.45) is 0 Å². The van der Waals surface area contributed by atoms with E-state index in [2.05, 4.69) is 5.32 Å². The van der Waals surface area contributed by atoms with Gasteiger partial charge in [-0.05, 0) is 24.3 Å². The summed E-state index contributed by atoms with van der Waals surface area (Å²) in [5.41, 5.74) is 0.0229. The molecule has 0 radical (unpaired) electrons. The molecule has 0 unspecified atom stereocenters. The van der Waals surface area contributed by atoms with Crippen molar-refractivity contribution >= 4 is 58.2 Å². The smallest absolute Gasteiger partial charge is 0.261 e. The maximum absolute atomic E-state index is 12.1. The van der Waals surface area contributed by atoms with Crippen molar-refractivity contribution < 1.29 is 9.59 Å². The summed E-state index contributed by atoms with van der Waals surface area (Å²) in [6.07, 6.45) is 0. The standard InChI is InChI=1S/C14H7Cl4NO2/c15-7-3-1-4-8(16)11(7)13(20)19-14(21)12-9(17)5-2-6-10(12)18/h1-6H,(H,19,20,21). The third-order valence-corrected chi connectivity index (χ3v) is 3.87. The second kappa shape index (κ2) is 6.67. The van der Waals surface area contributed by atoms with Crippen molar-refractivity contribution in [2.45, 2.75) is 0 Å². The van der Waals surface area contributed by atoms with E-state index in [-0.39, 0.29) is 31.2 Å². The lowest BCUT2D eigenvalue weighted by Gasteiger charge is -2.09. The number of benzene rings is 2. The van der Waals surface area contributed by atoms with E-state index in [1.165, 1.54) is 24.3 Å². The Hall–Kier alpha value is -1.26. The van der Waals surface area contributed by atoms with Crippen LogP contribution in [-0.4, -0.2) is 11.8 Å². The quantitative estimate of drug-likeness (QED) is 0.774. The van der Waals surface area contributed by atoms with Crippen LogP contribution in [0.3, 0.4) is 0 Å². The van der Waals surface area contributed by atoms with Crippen molar-refractivity contribution in [1.82, 2.24) is 5.32 Å². The number of rotatable bonds is 2. The summed E-state index contributed by atoms with van der Waals surface area (Å²) in [5, 5.41) is 2.71. The zero-order chi connectivity index (χ0) is 15.6. The van der Waals surface area contributed by atoms with Gasteiger partial charge < -0.3 is 0 Å². The SMILES string of the molecule is O=C(NC(=O)c1c(Cl)cccc1Cl)c1c(Cl)cccc1Cl. The number of hydrogen-bond acceptors (Lipinski definition) is 2. The van der Waals surface area contributed by atoms with Crippen molar-refractivity contribution in [3.63, 3.8) is 0 Å². The lowest BCUT2D eigenvalue weighted by Crippen LogP contribution is -2.31. The van der Waals surface area contributed by atoms with E-state index >= 15 is 0 Å². The van der Waals surface area contributed by atoms with E-state index in [4.69, 9.17) is 46.4 Å². The zero-order valence-corrected chi connectivity index (χ0v) is 13.3. The Labute approximate surface area is 140 Å². The molecule has 108 valence electrons. The van der Waals surface area contributed by atoms with Gasteiger partial charge in [-0.3, -0.25) is 14.9 Å². The van der Waals surface area contributed by atoms with Crippen molar-refractivity contribution in [1.29, 1.82) is 0 Å². The Morgan fingerprint density at radius 3 is 1.24 bits per heavy atom. The minimum absolute atomic E-state index is 0.0114. The number of amides is 2. The minimum atomic E-state index is -0.730. The zero-order valence-electron chi connectivity index (χ0n) is 10.3. The summed E-state index contributed by atoms with van der Waals surface area (Å²) in [4.78, 5) is 24.2. The normalized spacial score (nSPS) is 10.3. The Morgan fingerprint density at radius 1 is 0.667 bits per heavy atom. The first-order chi connectivity index (χ1) is 9.91. The van der Waals surface area contributed by atoms with E-state index in [9.17, 15) is 9.59 Å². The molecule has 0 atom stereocenters. The van der Waals surface area contributed by atoms with Gasteiger partial charge in [0.2, 0.25) is 0 Å². The molecule has 0 aliphatic rings. The highest BCUT2D eigenvalue weighted by atomic mass is 35.5. The van der Waals surface area contributed by atoms with E-state index in [1.807, 2.05) is 0 Å². The van der Waals surface area contributed by atoms with Gasteiger partial charge in [-0.1, -0.05) is 58.5 Å². The van der Waals surface area contributed by atoms with Gasteiger partial charge in [-0.2, -0.15) is 0 Å². The number of halogens is 4. The molecule has 0 spiro atoms. The molecule has 0 fully saturated rings. The van der Waals surface area contributed by atoms with E-state index in [0.717, 1.165) is 0 Å². The van der Waals surface area contributed by atoms with Crippen LogP contribution in [0.4, 0.5) is 0 Å². The van der Waals surface area contributed by atoms with Crippen molar-refractivity contribution in [3.05, 3.63) is 67.6 Å². The van der Waals surface area contributed by atoms with Crippen LogP contribution in [0.5, 0.6) is 0 Å². The second-order valence-electron chi connectivity index (χ2n) is 3.98. The molecular formula is C14H7Cl4NO2. The van der Waals surface area contributed by atoms with Crippen LogP contribution >= 0.6 is 46.4 Å². The largest absolute Gasteiger partial charge is 0.288 e. The van der Waals surface area contributed by atoms with E-state index in [0.29, 0.717) is 0 Å². The molecule has 21 heavy (non-hydrogen) atoms. The Kier molecular flexibility index (Phi) is 5.12. The van der Waals surface area contributed by atoms with Gasteiger partial charge in [-0.15, -0.1) is 0 Å². The number of carbonyl (C=O) groups excluding carboxylic acids is 2. The third kappa shape index (κ3) is 3.50. The fraction of sp³-hybridized carbons (Fsp3) is 0. The predicted molar refractivity (Wildman–Crippen MR) is 84.7 cm³/mol. The lowest BCUT2D eigenvalue weighted by atomic mass is 10.1. The maximum Gasteiger partial charge on any atom is 0.261 e. The highest BCUT2D eigenvalue weighted by Crippen LogP contribution is 2.26. The van der Waals surface area contributed by atoms with Crippen LogP contribution in [-0.2, 0) is 0 Å². The van der Waals surface area contributed by atoms with Gasteiger partial charge in [-0.25, -0.2) is 0 Å². The topological polar surface area (TPSA) is 46.2 Å². The molecule has 1 N–H and O–H groups in total. The molecule has 0 aromatic heterocycles. The van der Waals surface area contributed by atoms with Crippen LogP contribution in [0, 0.1) is 0 Å². The Bertz CT molecular complexity index is 629. The first-order valence-corrected chi connectivity index (χ1v) is 7.16. The Morgan fingerprint density at radius 2 is 0.952 bits per heavy atom. The van der Waals surface area contributed by atoms with Gasteiger partial charge >= 0.3 is 0 Å². The molecule has 0 saturated heterocycles. The third-order valence-electron chi connectivity index (χ3n) is 2.61. The molecule has 2 amide bonds. The Balaban J connectivity index is 2.30. The molecular weight excluding hydrogens is 356 g/mol. The van der Waals surface area contributed by atoms with Crippen LogP contribution < -0.4 is 5.32 Å². The van der Waals surface area contributed by atoms with Crippen LogP contribution in [0.15, 0.2) is 36.4 Å². The lowest BCUT2D eigenvalue weighted by molar-refractivity contribution is 0.0850. The average molecular weight is 363 g/mol. The fourth-order valence-corrected chi connectivity index (χ4v) is 2.80. The molecule has 0 bridgehead atoms. The molecule has 2 rings (SSSR count). The molecule has 0 saturated carbocycles. The minimum Gasteiger partial charge on any atom is -0.288 e. The van der Waals surface area contributed by atoms with Gasteiger partial charge in [0.1, 0.15) is 0 Å². The van der Waals surface area contributed by atoms with Gasteiger partial charge in [0.25, 0.3) is 11.8 Å². The molecule has 0 aliphatic carbocycles. The number of carbonyl (C=O) groups is 2. The van der Waals surface area contributed by atoms with Crippen LogP contribution in [0.25, 0.3) is 0 Å². The fourth-order valence-electron chi connectivity index (χ4n) is 1.66. The maximum atomic E-state index is 12.1. The summed E-state index contributed by atoms with van der Waals surface area (Å²) < 4.78 is 0. The first kappa shape index (κ1) is 16.1. The molecule has 2 aromatic rings. The first-order valence-electron chi connectivity index (χ1n) is 5.65. The van der Waals surface area contributed by atoms with Crippen molar-refractivity contribution in [2.75, 3.05) is 0 Å². The summed E-state index contributed by atoms with van der Waals surface area (Å²) in [7, 11) is 0. The second-order valence-corrected chi connectivity index (χ2v) is 5.61. The number of nitrogens with one attached hydrogen (secondary N) is 1. The highest BCUT2D eigenvalue weighted by molar-refractivity contribution is 6.42. The monoisotopic (exact) mass is 361 g/mol. The molecule has 2 aromatic carbocycles. The summed E-state index contributed by atoms with van der Waals surface area (Å²) in [6, 6.07) is 9.16. The van der Waals surface area contributed by atoms with E-state index in [1.54, 1.807) is 12.1 Å². The van der Waals surface area contributed by atoms with Gasteiger partial charge in [0.15, 0.2) is 0 Å². The van der Waals surface area contributed by atoms with Gasteiger partial charge in [0, 0.05) is 0 Å². The van der Waals surface area contributed by atoms with Gasteiger partial charge in [0.05, 0.1) is 31.2 Å². The molecule has 0 aliphatic heterocycles. The highest BCUT2D eigenvalue weighted by Gasteiger charge is 2.21. The number of imide groups is 1. The summed E-state index contributed by atoms with van der Waals surface area (Å²) in [6.45, 7) is 0. The summed E-state index contributed by atoms with van der Waals surface area (Å²) >= 11 is 23.6. The summed E-state index contributed by atoms with van der Waals surface area (Å²) in [5.74, 6) is -1.46. The molecule has 7 heteroatoms. The number of hydrogen-bond donors (Lipinski definition) is 1.